The highest BCUT2D eigenvalue weighted by Gasteiger charge is 2.20. The molecule has 2 aromatic rings. The predicted octanol–water partition coefficient (Wildman–Crippen LogP) is 3.78. The smallest absolute Gasteiger partial charge is 0.312 e. The average molecular weight is 352 g/mol. The molecule has 0 radical (unpaired) electrons. The minimum atomic E-state index is -0.839. The number of aliphatic hydroxyl groups is 1. The van der Waals surface area contributed by atoms with E-state index >= 15 is 0 Å². The highest BCUT2D eigenvalue weighted by Crippen LogP contribution is 2.34. The van der Waals surface area contributed by atoms with Gasteiger partial charge in [-0.25, -0.2) is 0 Å². The van der Waals surface area contributed by atoms with Crippen molar-refractivity contribution in [2.45, 2.75) is 13.0 Å². The zero-order valence-electron chi connectivity index (χ0n) is 11.3. The molecule has 0 aromatic heterocycles. The van der Waals surface area contributed by atoms with Gasteiger partial charge < -0.3 is 9.84 Å². The van der Waals surface area contributed by atoms with Gasteiger partial charge in [0.2, 0.25) is 0 Å². The van der Waals surface area contributed by atoms with Gasteiger partial charge in [0.1, 0.15) is 12.7 Å². The topological polar surface area (TPSA) is 72.6 Å². The maximum atomic E-state index is 11.1. The van der Waals surface area contributed by atoms with Crippen LogP contribution in [0.1, 0.15) is 17.2 Å². The van der Waals surface area contributed by atoms with Gasteiger partial charge in [0.15, 0.2) is 5.75 Å². The molecule has 0 aliphatic rings. The molecule has 110 valence electrons. The quantitative estimate of drug-likeness (QED) is 0.657. The number of aryl methyl sites for hydroxylation is 1. The maximum absolute atomic E-state index is 11.1. The Labute approximate surface area is 130 Å². The van der Waals surface area contributed by atoms with Crippen LogP contribution in [0.3, 0.4) is 0 Å². The second-order valence-electron chi connectivity index (χ2n) is 4.57. The van der Waals surface area contributed by atoms with Crippen LogP contribution >= 0.6 is 15.9 Å². The summed E-state index contributed by atoms with van der Waals surface area (Å²) in [6.45, 7) is 1.68. The third-order valence-corrected chi connectivity index (χ3v) is 3.44. The maximum Gasteiger partial charge on any atom is 0.312 e. The molecule has 0 amide bonds. The van der Waals surface area contributed by atoms with Crippen molar-refractivity contribution in [3.63, 3.8) is 0 Å². The highest BCUT2D eigenvalue weighted by molar-refractivity contribution is 9.10. The summed E-state index contributed by atoms with van der Waals surface area (Å²) in [5.74, 6) is 0.179. The lowest BCUT2D eigenvalue weighted by Gasteiger charge is -2.14. The summed E-state index contributed by atoms with van der Waals surface area (Å²) in [4.78, 5) is 10.6. The van der Waals surface area contributed by atoms with E-state index in [-0.39, 0.29) is 18.0 Å². The molecule has 5 nitrogen and oxygen atoms in total. The zero-order valence-corrected chi connectivity index (χ0v) is 12.9. The molecule has 1 unspecified atom stereocenters. The summed E-state index contributed by atoms with van der Waals surface area (Å²) in [7, 11) is 0. The first kappa shape index (κ1) is 15.5. The summed E-state index contributed by atoms with van der Waals surface area (Å²) in [6.07, 6.45) is -0.839. The first-order valence-electron chi connectivity index (χ1n) is 6.29. The van der Waals surface area contributed by atoms with Crippen molar-refractivity contribution in [1.82, 2.24) is 0 Å². The fraction of sp³-hybridized carbons (Fsp3) is 0.200. The molecule has 0 aliphatic carbocycles. The summed E-state index contributed by atoms with van der Waals surface area (Å²) in [5.41, 5.74) is 1.22. The number of ether oxygens (including phenoxy) is 1. The van der Waals surface area contributed by atoms with Crippen molar-refractivity contribution in [2.24, 2.45) is 0 Å². The lowest BCUT2D eigenvalue weighted by atomic mass is 10.1. The van der Waals surface area contributed by atoms with Gasteiger partial charge in [0, 0.05) is 10.5 Å². The zero-order chi connectivity index (χ0) is 15.4. The van der Waals surface area contributed by atoms with Crippen molar-refractivity contribution in [3.8, 4) is 5.75 Å². The predicted molar refractivity (Wildman–Crippen MR) is 82.4 cm³/mol. The summed E-state index contributed by atoms with van der Waals surface area (Å²) in [5, 5.41) is 21.1. The molecule has 0 bridgehead atoms. The van der Waals surface area contributed by atoms with Crippen LogP contribution in [0.2, 0.25) is 0 Å². The van der Waals surface area contributed by atoms with Crippen molar-refractivity contribution >= 4 is 21.6 Å². The molecule has 2 aromatic carbocycles. The number of halogens is 1. The number of rotatable bonds is 5. The SMILES string of the molecule is Cc1cc(Br)cc([N+](=O)[O-])c1OCC(O)c1ccccc1. The van der Waals surface area contributed by atoms with Crippen molar-refractivity contribution in [3.05, 3.63) is 68.2 Å². The summed E-state index contributed by atoms with van der Waals surface area (Å²) < 4.78 is 6.10. The van der Waals surface area contributed by atoms with Crippen molar-refractivity contribution in [1.29, 1.82) is 0 Å². The highest BCUT2D eigenvalue weighted by atomic mass is 79.9. The van der Waals surface area contributed by atoms with Gasteiger partial charge >= 0.3 is 5.69 Å². The minimum absolute atomic E-state index is 0.0483. The molecule has 2 rings (SSSR count). The van der Waals surface area contributed by atoms with E-state index in [0.717, 1.165) is 0 Å². The molecular weight excluding hydrogens is 338 g/mol. The molecule has 21 heavy (non-hydrogen) atoms. The summed E-state index contributed by atoms with van der Waals surface area (Å²) >= 11 is 3.22. The minimum Gasteiger partial charge on any atom is -0.483 e. The van der Waals surface area contributed by atoms with E-state index in [1.54, 1.807) is 25.1 Å². The molecule has 0 heterocycles. The molecule has 0 spiro atoms. The fourth-order valence-electron chi connectivity index (χ4n) is 1.97. The van der Waals surface area contributed by atoms with Crippen LogP contribution < -0.4 is 4.74 Å². The number of aliphatic hydroxyl groups excluding tert-OH is 1. The molecule has 6 heteroatoms. The average Bonchev–Trinajstić information content (AvgIpc) is 2.46. The van der Waals surface area contributed by atoms with Gasteiger partial charge in [-0.3, -0.25) is 10.1 Å². The number of nitro groups is 1. The van der Waals surface area contributed by atoms with Crippen LogP contribution in [-0.2, 0) is 0 Å². The standard InChI is InChI=1S/C15H14BrNO4/c1-10-7-12(16)8-13(17(19)20)15(10)21-9-14(18)11-5-3-2-4-6-11/h2-8,14,18H,9H2,1H3. The molecule has 0 aliphatic heterocycles. The van der Waals surface area contributed by atoms with Crippen LogP contribution in [0.25, 0.3) is 0 Å². The largest absolute Gasteiger partial charge is 0.483 e. The van der Waals surface area contributed by atoms with E-state index in [0.29, 0.717) is 15.6 Å². The number of nitrogens with zero attached hydrogens (tertiary/aromatic N) is 1. The molecule has 0 fully saturated rings. The normalized spacial score (nSPS) is 12.0. The van der Waals surface area contributed by atoms with Gasteiger partial charge in [0.25, 0.3) is 0 Å². The number of nitro benzene ring substituents is 1. The second-order valence-corrected chi connectivity index (χ2v) is 5.48. The second kappa shape index (κ2) is 6.69. The number of hydrogen-bond donors (Lipinski definition) is 1. The van der Waals surface area contributed by atoms with Crippen LogP contribution in [0.4, 0.5) is 5.69 Å². The molecule has 0 saturated heterocycles. The van der Waals surface area contributed by atoms with Crippen molar-refractivity contribution < 1.29 is 14.8 Å². The van der Waals surface area contributed by atoms with Crippen molar-refractivity contribution in [2.75, 3.05) is 6.61 Å². The van der Waals surface area contributed by atoms with Crippen LogP contribution in [0, 0.1) is 17.0 Å². The first-order chi connectivity index (χ1) is 9.99. The Hall–Kier alpha value is -1.92. The lowest BCUT2D eigenvalue weighted by molar-refractivity contribution is -0.386. The van der Waals surface area contributed by atoms with E-state index in [1.807, 2.05) is 18.2 Å². The van der Waals surface area contributed by atoms with Crippen LogP contribution in [0.5, 0.6) is 5.75 Å². The third-order valence-electron chi connectivity index (χ3n) is 2.99. The van der Waals surface area contributed by atoms with E-state index in [1.165, 1.54) is 6.07 Å². The van der Waals surface area contributed by atoms with E-state index < -0.39 is 11.0 Å². The Bertz CT molecular complexity index is 646. The fourth-order valence-corrected chi connectivity index (χ4v) is 2.53. The summed E-state index contributed by atoms with van der Waals surface area (Å²) in [6, 6.07) is 12.1. The van der Waals surface area contributed by atoms with Gasteiger partial charge in [-0.15, -0.1) is 0 Å². The Kier molecular flexibility index (Phi) is 4.93. The lowest BCUT2D eigenvalue weighted by Crippen LogP contribution is -2.11. The monoisotopic (exact) mass is 351 g/mol. The van der Waals surface area contributed by atoms with E-state index in [4.69, 9.17) is 4.74 Å². The van der Waals surface area contributed by atoms with E-state index in [9.17, 15) is 15.2 Å². The van der Waals surface area contributed by atoms with Gasteiger partial charge in [-0.05, 0) is 24.1 Å². The van der Waals surface area contributed by atoms with E-state index in [2.05, 4.69) is 15.9 Å². The van der Waals surface area contributed by atoms with Crippen LogP contribution in [-0.4, -0.2) is 16.6 Å². The van der Waals surface area contributed by atoms with Gasteiger partial charge in [-0.1, -0.05) is 46.3 Å². The van der Waals surface area contributed by atoms with Gasteiger partial charge in [-0.2, -0.15) is 0 Å². The van der Waals surface area contributed by atoms with Crippen LogP contribution in [0.15, 0.2) is 46.9 Å². The number of hydrogen-bond acceptors (Lipinski definition) is 4. The Balaban J connectivity index is 2.18. The number of benzene rings is 2. The Morgan fingerprint density at radius 1 is 1.33 bits per heavy atom. The molecular formula is C15H14BrNO4. The Morgan fingerprint density at radius 3 is 2.62 bits per heavy atom. The Morgan fingerprint density at radius 2 is 2.00 bits per heavy atom. The molecule has 0 saturated carbocycles. The van der Waals surface area contributed by atoms with Gasteiger partial charge in [0.05, 0.1) is 4.92 Å². The molecule has 1 N–H and O–H groups in total. The third kappa shape index (κ3) is 3.80. The molecule has 1 atom stereocenters. The first-order valence-corrected chi connectivity index (χ1v) is 7.08.